The summed E-state index contributed by atoms with van der Waals surface area (Å²) >= 11 is 6.23. The van der Waals surface area contributed by atoms with Crippen molar-refractivity contribution in [3.05, 3.63) is 58.9 Å². The molecular weight excluding hydrogens is 468 g/mol. The standard InChI is InChI=1S/C25H29ClN6O3/c1-16-5-7-18(8-6-16)29-23-15-24(28-17(2)27-23)31-9-11-32(12-10-31)25(33)30-20-13-19(26)21(34-3)14-22(20)35-4/h5-8,13-15H,9-12H2,1-4H3,(H,30,33)(H,27,28,29). The van der Waals surface area contributed by atoms with Gasteiger partial charge in [-0.15, -0.1) is 0 Å². The van der Waals surface area contributed by atoms with Crippen LogP contribution in [0.3, 0.4) is 0 Å². The lowest BCUT2D eigenvalue weighted by Gasteiger charge is -2.35. The van der Waals surface area contributed by atoms with E-state index in [1.807, 2.05) is 25.1 Å². The third-order valence-electron chi connectivity index (χ3n) is 5.75. The largest absolute Gasteiger partial charge is 0.495 e. The third-order valence-corrected chi connectivity index (χ3v) is 6.05. The Labute approximate surface area is 210 Å². The molecule has 2 amide bonds. The molecule has 0 radical (unpaired) electrons. The minimum absolute atomic E-state index is 0.218. The van der Waals surface area contributed by atoms with Crippen LogP contribution in [0.5, 0.6) is 11.5 Å². The van der Waals surface area contributed by atoms with Crippen molar-refractivity contribution in [2.75, 3.05) is 55.9 Å². The molecule has 0 saturated carbocycles. The first-order valence-corrected chi connectivity index (χ1v) is 11.7. The summed E-state index contributed by atoms with van der Waals surface area (Å²) in [4.78, 5) is 26.0. The number of hydrogen-bond acceptors (Lipinski definition) is 7. The van der Waals surface area contributed by atoms with E-state index in [9.17, 15) is 4.79 Å². The van der Waals surface area contributed by atoms with Crippen LogP contribution in [-0.2, 0) is 0 Å². The summed E-state index contributed by atoms with van der Waals surface area (Å²) < 4.78 is 10.6. The lowest BCUT2D eigenvalue weighted by atomic mass is 10.2. The number of ether oxygens (including phenoxy) is 2. The van der Waals surface area contributed by atoms with Gasteiger partial charge in [-0.1, -0.05) is 29.3 Å². The van der Waals surface area contributed by atoms with Crippen molar-refractivity contribution in [3.8, 4) is 11.5 Å². The van der Waals surface area contributed by atoms with E-state index in [0.717, 1.165) is 17.3 Å². The number of amides is 2. The minimum Gasteiger partial charge on any atom is -0.495 e. The van der Waals surface area contributed by atoms with Crippen LogP contribution in [0.25, 0.3) is 0 Å². The summed E-state index contributed by atoms with van der Waals surface area (Å²) in [5, 5.41) is 6.63. The van der Waals surface area contributed by atoms with Crippen LogP contribution in [0, 0.1) is 13.8 Å². The molecule has 35 heavy (non-hydrogen) atoms. The van der Waals surface area contributed by atoms with E-state index >= 15 is 0 Å². The molecule has 1 aromatic heterocycles. The van der Waals surface area contributed by atoms with Crippen molar-refractivity contribution in [3.63, 3.8) is 0 Å². The van der Waals surface area contributed by atoms with Crippen molar-refractivity contribution in [2.24, 2.45) is 0 Å². The van der Waals surface area contributed by atoms with Gasteiger partial charge in [0.05, 0.1) is 24.9 Å². The molecule has 0 bridgehead atoms. The summed E-state index contributed by atoms with van der Waals surface area (Å²) in [6.07, 6.45) is 0. The molecule has 1 aliphatic rings. The molecule has 10 heteroatoms. The average Bonchev–Trinajstić information content (AvgIpc) is 2.85. The van der Waals surface area contributed by atoms with Crippen molar-refractivity contribution in [1.29, 1.82) is 0 Å². The molecule has 0 aliphatic carbocycles. The van der Waals surface area contributed by atoms with Gasteiger partial charge in [0.1, 0.15) is 29.0 Å². The second-order valence-corrected chi connectivity index (χ2v) is 8.65. The molecule has 3 aromatic rings. The topological polar surface area (TPSA) is 91.9 Å². The van der Waals surface area contributed by atoms with E-state index < -0.39 is 0 Å². The number of aryl methyl sites for hydroxylation is 2. The van der Waals surface area contributed by atoms with Gasteiger partial charge in [-0.25, -0.2) is 14.8 Å². The highest BCUT2D eigenvalue weighted by molar-refractivity contribution is 6.32. The van der Waals surface area contributed by atoms with Crippen LogP contribution in [0.4, 0.5) is 27.8 Å². The zero-order valence-corrected chi connectivity index (χ0v) is 21.0. The van der Waals surface area contributed by atoms with E-state index in [-0.39, 0.29) is 6.03 Å². The normalized spacial score (nSPS) is 13.4. The van der Waals surface area contributed by atoms with Gasteiger partial charge in [0, 0.05) is 44.0 Å². The number of halogens is 1. The maximum Gasteiger partial charge on any atom is 0.322 e. The molecule has 9 nitrogen and oxygen atoms in total. The first-order chi connectivity index (χ1) is 16.9. The molecule has 1 fully saturated rings. The lowest BCUT2D eigenvalue weighted by Crippen LogP contribution is -2.50. The van der Waals surface area contributed by atoms with Gasteiger partial charge in [-0.05, 0) is 32.0 Å². The maximum absolute atomic E-state index is 12.9. The predicted molar refractivity (Wildman–Crippen MR) is 139 cm³/mol. The molecule has 2 aromatic carbocycles. The van der Waals surface area contributed by atoms with Crippen LogP contribution in [0.1, 0.15) is 11.4 Å². The summed E-state index contributed by atoms with van der Waals surface area (Å²) in [7, 11) is 3.06. The molecule has 4 rings (SSSR count). The monoisotopic (exact) mass is 496 g/mol. The molecule has 2 heterocycles. The smallest absolute Gasteiger partial charge is 0.322 e. The van der Waals surface area contributed by atoms with Gasteiger partial charge < -0.3 is 29.9 Å². The number of carbonyl (C=O) groups is 1. The number of methoxy groups -OCH3 is 2. The van der Waals surface area contributed by atoms with Gasteiger partial charge in [0.2, 0.25) is 0 Å². The number of anilines is 4. The second-order valence-electron chi connectivity index (χ2n) is 8.24. The molecule has 0 spiro atoms. The summed E-state index contributed by atoms with van der Waals surface area (Å²) in [5.74, 6) is 3.20. The fourth-order valence-electron chi connectivity index (χ4n) is 3.85. The van der Waals surface area contributed by atoms with Gasteiger partial charge >= 0.3 is 6.03 Å². The highest BCUT2D eigenvalue weighted by Gasteiger charge is 2.24. The fourth-order valence-corrected chi connectivity index (χ4v) is 4.09. The lowest BCUT2D eigenvalue weighted by molar-refractivity contribution is 0.208. The Morgan fingerprint density at radius 1 is 0.943 bits per heavy atom. The summed E-state index contributed by atoms with van der Waals surface area (Å²) in [5.41, 5.74) is 2.66. The Hall–Kier alpha value is -3.72. The number of piperazine rings is 1. The molecule has 2 N–H and O–H groups in total. The minimum atomic E-state index is -0.218. The molecule has 1 saturated heterocycles. The Kier molecular flexibility index (Phi) is 7.45. The van der Waals surface area contributed by atoms with Gasteiger partial charge in [0.25, 0.3) is 0 Å². The maximum atomic E-state index is 12.9. The van der Waals surface area contributed by atoms with E-state index in [4.69, 9.17) is 21.1 Å². The number of nitrogens with zero attached hydrogens (tertiary/aromatic N) is 4. The third kappa shape index (κ3) is 5.86. The Bertz CT molecular complexity index is 1200. The van der Waals surface area contributed by atoms with Crippen molar-refractivity contribution in [1.82, 2.24) is 14.9 Å². The van der Waals surface area contributed by atoms with Crippen LogP contribution < -0.4 is 25.0 Å². The Morgan fingerprint density at radius 3 is 2.29 bits per heavy atom. The number of hydrogen-bond donors (Lipinski definition) is 2. The van der Waals surface area contributed by atoms with Gasteiger partial charge in [-0.2, -0.15) is 0 Å². The van der Waals surface area contributed by atoms with Crippen molar-refractivity contribution in [2.45, 2.75) is 13.8 Å². The summed E-state index contributed by atoms with van der Waals surface area (Å²) in [6.45, 7) is 6.31. The second kappa shape index (κ2) is 10.7. The van der Waals surface area contributed by atoms with Gasteiger partial charge in [0.15, 0.2) is 0 Å². The number of urea groups is 1. The number of carbonyl (C=O) groups excluding carboxylic acids is 1. The highest BCUT2D eigenvalue weighted by atomic mass is 35.5. The summed E-state index contributed by atoms with van der Waals surface area (Å²) in [6, 6.07) is 13.1. The van der Waals surface area contributed by atoms with Crippen molar-refractivity contribution < 1.29 is 14.3 Å². The van der Waals surface area contributed by atoms with E-state index in [2.05, 4.69) is 44.6 Å². The Morgan fingerprint density at radius 2 is 1.63 bits per heavy atom. The van der Waals surface area contributed by atoms with E-state index in [1.54, 1.807) is 17.0 Å². The quantitative estimate of drug-likeness (QED) is 0.503. The highest BCUT2D eigenvalue weighted by Crippen LogP contribution is 2.36. The average molecular weight is 497 g/mol. The van der Waals surface area contributed by atoms with Crippen LogP contribution in [-0.4, -0.2) is 61.3 Å². The van der Waals surface area contributed by atoms with Crippen LogP contribution in [0.15, 0.2) is 42.5 Å². The van der Waals surface area contributed by atoms with E-state index in [1.165, 1.54) is 19.8 Å². The zero-order chi connectivity index (χ0) is 24.9. The van der Waals surface area contributed by atoms with Gasteiger partial charge in [-0.3, -0.25) is 0 Å². The van der Waals surface area contributed by atoms with Crippen LogP contribution >= 0.6 is 11.6 Å². The molecule has 184 valence electrons. The molecule has 0 atom stereocenters. The zero-order valence-electron chi connectivity index (χ0n) is 20.3. The first kappa shape index (κ1) is 24.4. The van der Waals surface area contributed by atoms with Crippen LogP contribution in [0.2, 0.25) is 5.02 Å². The fraction of sp³-hybridized carbons (Fsp3) is 0.320. The number of benzene rings is 2. The predicted octanol–water partition coefficient (Wildman–Crippen LogP) is 4.86. The molecule has 1 aliphatic heterocycles. The van der Waals surface area contributed by atoms with Crippen molar-refractivity contribution >= 4 is 40.6 Å². The number of aromatic nitrogens is 2. The number of rotatable bonds is 6. The number of nitrogens with one attached hydrogen (secondary N) is 2. The SMILES string of the molecule is COc1cc(OC)c(NC(=O)N2CCN(c3cc(Nc4ccc(C)cc4)nc(C)n3)CC2)cc1Cl. The Balaban J connectivity index is 1.40. The first-order valence-electron chi connectivity index (χ1n) is 11.3. The van der Waals surface area contributed by atoms with E-state index in [0.29, 0.717) is 54.2 Å². The molecular formula is C25H29ClN6O3. The molecule has 0 unspecified atom stereocenters.